The summed E-state index contributed by atoms with van der Waals surface area (Å²) in [5.41, 5.74) is -0.387. The summed E-state index contributed by atoms with van der Waals surface area (Å²) in [5.74, 6) is 2.72. The zero-order valence-electron chi connectivity index (χ0n) is 18.0. The van der Waals surface area contributed by atoms with E-state index in [1.807, 2.05) is 6.07 Å². The van der Waals surface area contributed by atoms with E-state index < -0.39 is 24.0 Å². The van der Waals surface area contributed by atoms with Gasteiger partial charge in [0.15, 0.2) is 23.0 Å². The van der Waals surface area contributed by atoms with Crippen LogP contribution in [0.3, 0.4) is 0 Å². The number of carbonyl (C=O) groups excluding carboxylic acids is 1. The molecule has 0 bridgehead atoms. The molecule has 174 valence electrons. The van der Waals surface area contributed by atoms with Crippen molar-refractivity contribution in [1.82, 2.24) is 0 Å². The van der Waals surface area contributed by atoms with Gasteiger partial charge >= 0.3 is 5.97 Å². The van der Waals surface area contributed by atoms with Gasteiger partial charge in [-0.1, -0.05) is 0 Å². The standard InChI is InChI=1S/C23H22O10/c1-12(24)33-23-9-27-21(14-6-19-20(31-11-30-19)7-17(14)25-2)15(23)8-26-22(23)32-13-3-4-16-18(5-13)29-10-28-16/h3-7,15,21-22H,8-11H2,1-2H3/t15-,21-,22-,23-/m0/s1. The number of rotatable bonds is 5. The predicted molar refractivity (Wildman–Crippen MR) is 109 cm³/mol. The summed E-state index contributed by atoms with van der Waals surface area (Å²) < 4.78 is 51.6. The summed E-state index contributed by atoms with van der Waals surface area (Å²) >= 11 is 0. The van der Waals surface area contributed by atoms with Crippen molar-refractivity contribution in [3.63, 3.8) is 0 Å². The van der Waals surface area contributed by atoms with Crippen LogP contribution in [0, 0.1) is 5.92 Å². The molecule has 4 atom stereocenters. The van der Waals surface area contributed by atoms with Crippen molar-refractivity contribution in [3.05, 3.63) is 35.9 Å². The first-order valence-electron chi connectivity index (χ1n) is 10.5. The van der Waals surface area contributed by atoms with Crippen LogP contribution in [0.25, 0.3) is 0 Å². The highest BCUT2D eigenvalue weighted by atomic mass is 16.7. The molecule has 6 rings (SSSR count). The lowest BCUT2D eigenvalue weighted by molar-refractivity contribution is -0.191. The van der Waals surface area contributed by atoms with Crippen molar-refractivity contribution in [2.75, 3.05) is 33.9 Å². The number of esters is 1. The first-order valence-corrected chi connectivity index (χ1v) is 10.5. The second-order valence-electron chi connectivity index (χ2n) is 8.13. The van der Waals surface area contributed by atoms with Gasteiger partial charge in [-0.25, -0.2) is 0 Å². The highest BCUT2D eigenvalue weighted by molar-refractivity contribution is 5.67. The molecule has 2 aromatic carbocycles. The van der Waals surface area contributed by atoms with Crippen LogP contribution in [0.4, 0.5) is 0 Å². The maximum Gasteiger partial charge on any atom is 0.303 e. The average Bonchev–Trinajstić information content (AvgIpc) is 3.57. The van der Waals surface area contributed by atoms with Crippen LogP contribution in [-0.2, 0) is 19.0 Å². The molecule has 4 heterocycles. The molecule has 10 heteroatoms. The number of fused-ring (bicyclic) bond motifs is 3. The third-order valence-electron chi connectivity index (χ3n) is 6.26. The molecule has 0 saturated carbocycles. The third-order valence-corrected chi connectivity index (χ3v) is 6.26. The summed E-state index contributed by atoms with van der Waals surface area (Å²) in [7, 11) is 1.58. The van der Waals surface area contributed by atoms with E-state index in [9.17, 15) is 4.79 Å². The van der Waals surface area contributed by atoms with Crippen molar-refractivity contribution in [2.45, 2.75) is 24.9 Å². The Labute approximate surface area is 189 Å². The molecule has 0 N–H and O–H groups in total. The molecule has 0 aromatic heterocycles. The Morgan fingerprint density at radius 1 is 0.970 bits per heavy atom. The Hall–Kier alpha value is -3.37. The average molecular weight is 458 g/mol. The number of hydrogen-bond donors (Lipinski definition) is 0. The number of ether oxygens (including phenoxy) is 9. The van der Waals surface area contributed by atoms with Gasteiger partial charge in [0.1, 0.15) is 11.5 Å². The van der Waals surface area contributed by atoms with E-state index in [0.29, 0.717) is 34.5 Å². The fraction of sp³-hybridized carbons (Fsp3) is 0.435. The van der Waals surface area contributed by atoms with E-state index in [2.05, 4.69) is 0 Å². The van der Waals surface area contributed by atoms with Crippen LogP contribution in [0.15, 0.2) is 30.3 Å². The number of benzene rings is 2. The molecule has 0 radical (unpaired) electrons. The Balaban J connectivity index is 1.32. The summed E-state index contributed by atoms with van der Waals surface area (Å²) in [6.07, 6.45) is -1.35. The molecule has 0 amide bonds. The second kappa shape index (κ2) is 7.60. The monoisotopic (exact) mass is 458 g/mol. The fourth-order valence-electron chi connectivity index (χ4n) is 4.78. The van der Waals surface area contributed by atoms with Crippen LogP contribution < -0.4 is 28.4 Å². The molecule has 0 aliphatic carbocycles. The topological polar surface area (TPSA) is 100 Å². The normalized spacial score (nSPS) is 28.5. The SMILES string of the molecule is COc1cc2c(cc1[C@@H]1OC[C@@]3(OC(C)=O)[C@H](Oc4ccc5c(c4)OCO5)OC[C@@H]13)OCO2. The Bertz CT molecular complexity index is 1100. The van der Waals surface area contributed by atoms with Gasteiger partial charge in [0, 0.05) is 24.6 Å². The second-order valence-corrected chi connectivity index (χ2v) is 8.13. The number of carbonyl (C=O) groups is 1. The first-order chi connectivity index (χ1) is 16.1. The minimum Gasteiger partial charge on any atom is -0.496 e. The van der Waals surface area contributed by atoms with Crippen LogP contribution >= 0.6 is 0 Å². The molecule has 10 nitrogen and oxygen atoms in total. The zero-order chi connectivity index (χ0) is 22.6. The van der Waals surface area contributed by atoms with E-state index in [1.54, 1.807) is 31.4 Å². The van der Waals surface area contributed by atoms with Crippen LogP contribution in [-0.4, -0.2) is 51.8 Å². The third kappa shape index (κ3) is 3.20. The first kappa shape index (κ1) is 20.3. The molecule has 4 aliphatic heterocycles. The molecule has 0 spiro atoms. The summed E-state index contributed by atoms with van der Waals surface area (Å²) in [4.78, 5) is 12.1. The van der Waals surface area contributed by atoms with E-state index in [1.165, 1.54) is 6.92 Å². The Morgan fingerprint density at radius 2 is 1.70 bits per heavy atom. The Kier molecular flexibility index (Phi) is 4.66. The quantitative estimate of drug-likeness (QED) is 0.622. The van der Waals surface area contributed by atoms with Gasteiger partial charge in [-0.3, -0.25) is 4.79 Å². The highest BCUT2D eigenvalue weighted by Gasteiger charge is 2.64. The van der Waals surface area contributed by atoms with Gasteiger partial charge < -0.3 is 42.6 Å². The predicted octanol–water partition coefficient (Wildman–Crippen LogP) is 2.58. The molecule has 4 aliphatic rings. The van der Waals surface area contributed by atoms with Gasteiger partial charge in [0.2, 0.25) is 25.5 Å². The molecule has 2 saturated heterocycles. The molecule has 2 aromatic rings. The van der Waals surface area contributed by atoms with Gasteiger partial charge in [-0.15, -0.1) is 0 Å². The molecular weight excluding hydrogens is 436 g/mol. The summed E-state index contributed by atoms with van der Waals surface area (Å²) in [5, 5.41) is 0. The minimum atomic E-state index is -1.14. The zero-order valence-corrected chi connectivity index (χ0v) is 18.0. The largest absolute Gasteiger partial charge is 0.496 e. The van der Waals surface area contributed by atoms with Gasteiger partial charge in [0.05, 0.1) is 32.3 Å². The Morgan fingerprint density at radius 3 is 2.45 bits per heavy atom. The molecule has 2 fully saturated rings. The van der Waals surface area contributed by atoms with Crippen molar-refractivity contribution in [2.24, 2.45) is 5.92 Å². The van der Waals surface area contributed by atoms with Crippen molar-refractivity contribution < 1.29 is 47.4 Å². The molecular formula is C23H22O10. The van der Waals surface area contributed by atoms with E-state index >= 15 is 0 Å². The van der Waals surface area contributed by atoms with E-state index in [4.69, 9.17) is 42.6 Å². The van der Waals surface area contributed by atoms with E-state index in [-0.39, 0.29) is 32.7 Å². The smallest absolute Gasteiger partial charge is 0.303 e. The lowest BCUT2D eigenvalue weighted by Gasteiger charge is -2.32. The maximum atomic E-state index is 12.1. The minimum absolute atomic E-state index is 0.0920. The summed E-state index contributed by atoms with van der Waals surface area (Å²) in [6, 6.07) is 8.83. The summed E-state index contributed by atoms with van der Waals surface area (Å²) in [6.45, 7) is 2.00. The van der Waals surface area contributed by atoms with Crippen molar-refractivity contribution >= 4 is 5.97 Å². The van der Waals surface area contributed by atoms with E-state index in [0.717, 1.165) is 5.56 Å². The van der Waals surface area contributed by atoms with Crippen molar-refractivity contribution in [1.29, 1.82) is 0 Å². The lowest BCUT2D eigenvalue weighted by Crippen LogP contribution is -2.50. The van der Waals surface area contributed by atoms with Gasteiger partial charge in [-0.05, 0) is 18.2 Å². The van der Waals surface area contributed by atoms with Crippen molar-refractivity contribution in [3.8, 4) is 34.5 Å². The van der Waals surface area contributed by atoms with Crippen LogP contribution in [0.5, 0.6) is 34.5 Å². The fourth-order valence-corrected chi connectivity index (χ4v) is 4.78. The van der Waals surface area contributed by atoms with Crippen LogP contribution in [0.2, 0.25) is 0 Å². The molecule has 0 unspecified atom stereocenters. The number of methoxy groups -OCH3 is 1. The van der Waals surface area contributed by atoms with Gasteiger partial charge in [-0.2, -0.15) is 0 Å². The molecule has 33 heavy (non-hydrogen) atoms. The van der Waals surface area contributed by atoms with Gasteiger partial charge in [0.25, 0.3) is 0 Å². The maximum absolute atomic E-state index is 12.1. The number of hydrogen-bond acceptors (Lipinski definition) is 10. The highest BCUT2D eigenvalue weighted by Crippen LogP contribution is 2.53. The lowest BCUT2D eigenvalue weighted by atomic mass is 9.85. The van der Waals surface area contributed by atoms with Crippen LogP contribution in [0.1, 0.15) is 18.6 Å².